The number of aliphatic imine (C=N–C) groups is 1. The van der Waals surface area contributed by atoms with E-state index in [0.29, 0.717) is 18.6 Å². The molecule has 1 saturated carbocycles. The monoisotopic (exact) mass is 515 g/mol. The second kappa shape index (κ2) is 9.73. The average molecular weight is 515 g/mol. The minimum atomic E-state index is -0.171. The smallest absolute Gasteiger partial charge is 0.194 e. The molecule has 1 saturated heterocycles. The first kappa shape index (κ1) is 22.5. The molecule has 0 radical (unpaired) electrons. The third-order valence-electron chi connectivity index (χ3n) is 5.90. The van der Waals surface area contributed by atoms with Crippen LogP contribution >= 0.6 is 24.0 Å². The summed E-state index contributed by atoms with van der Waals surface area (Å²) < 4.78 is 12.0. The summed E-state index contributed by atoms with van der Waals surface area (Å²) in [4.78, 5) is 6.98. The zero-order valence-corrected chi connectivity index (χ0v) is 20.0. The molecular weight excluding hydrogens is 481 g/mol. The van der Waals surface area contributed by atoms with Crippen LogP contribution in [0.1, 0.15) is 57.1 Å². The Morgan fingerprint density at radius 1 is 1.31 bits per heavy atom. The molecule has 0 aromatic heterocycles. The Morgan fingerprint density at radius 2 is 2.07 bits per heavy atom. The van der Waals surface area contributed by atoms with Gasteiger partial charge in [-0.05, 0) is 52.2 Å². The predicted molar refractivity (Wildman–Crippen MR) is 126 cm³/mol. The molecule has 29 heavy (non-hydrogen) atoms. The van der Waals surface area contributed by atoms with E-state index in [9.17, 15) is 5.11 Å². The Balaban J connectivity index is 0.00000240. The van der Waals surface area contributed by atoms with Crippen molar-refractivity contribution in [2.45, 2.75) is 70.6 Å². The van der Waals surface area contributed by atoms with Gasteiger partial charge in [0.25, 0.3) is 0 Å². The van der Waals surface area contributed by atoms with Gasteiger partial charge in [0, 0.05) is 49.1 Å². The third-order valence-corrected chi connectivity index (χ3v) is 5.90. The quantitative estimate of drug-likeness (QED) is 0.358. The fourth-order valence-corrected chi connectivity index (χ4v) is 4.35. The van der Waals surface area contributed by atoms with Gasteiger partial charge in [-0.3, -0.25) is 4.99 Å². The number of piperidine rings is 1. The molecule has 0 amide bonds. The van der Waals surface area contributed by atoms with Crippen molar-refractivity contribution >= 4 is 29.9 Å². The summed E-state index contributed by atoms with van der Waals surface area (Å²) in [6.07, 6.45) is 3.73. The van der Waals surface area contributed by atoms with Crippen molar-refractivity contribution in [1.82, 2.24) is 10.2 Å². The van der Waals surface area contributed by atoms with Gasteiger partial charge in [0.2, 0.25) is 0 Å². The van der Waals surface area contributed by atoms with Crippen molar-refractivity contribution in [2.75, 3.05) is 26.2 Å². The molecule has 3 aliphatic rings. The highest BCUT2D eigenvalue weighted by Gasteiger charge is 2.42. The topological polar surface area (TPSA) is 66.3 Å². The summed E-state index contributed by atoms with van der Waals surface area (Å²) in [5.41, 5.74) is 2.50. The number of nitrogens with zero attached hydrogens (tertiary/aromatic N) is 2. The number of likely N-dealkylation sites (tertiary alicyclic amines) is 1. The number of fused-ring (bicyclic) bond motifs is 1. The number of ether oxygens (including phenoxy) is 2. The molecular formula is C22H34IN3O3. The standard InChI is InChI=1S/C22H33N3O3.HI/c1-4-23-22(25-8-6-16(26)7-9-25)24-19-12-17(19)18-13-20-15(10-14(3)28-20)11-21(18)27-5-2;/h11,13-14,16-17,19,26H,4-10,12H2,1-3H3,(H,23,24);1H. The maximum atomic E-state index is 9.79. The summed E-state index contributed by atoms with van der Waals surface area (Å²) in [6.45, 7) is 9.37. The van der Waals surface area contributed by atoms with Crippen molar-refractivity contribution in [3.63, 3.8) is 0 Å². The zero-order chi connectivity index (χ0) is 19.7. The van der Waals surface area contributed by atoms with Crippen LogP contribution in [-0.2, 0) is 6.42 Å². The van der Waals surface area contributed by atoms with Gasteiger partial charge in [-0.2, -0.15) is 0 Å². The van der Waals surface area contributed by atoms with Crippen molar-refractivity contribution in [3.05, 3.63) is 23.3 Å². The maximum absolute atomic E-state index is 9.79. The summed E-state index contributed by atoms with van der Waals surface area (Å²) in [7, 11) is 0. The molecule has 2 heterocycles. The largest absolute Gasteiger partial charge is 0.494 e. The van der Waals surface area contributed by atoms with Crippen molar-refractivity contribution < 1.29 is 14.6 Å². The van der Waals surface area contributed by atoms with E-state index in [-0.39, 0.29) is 36.2 Å². The first-order chi connectivity index (χ1) is 13.6. The van der Waals surface area contributed by atoms with E-state index in [4.69, 9.17) is 14.5 Å². The molecule has 7 heteroatoms. The summed E-state index contributed by atoms with van der Waals surface area (Å²) >= 11 is 0. The lowest BCUT2D eigenvalue weighted by Gasteiger charge is -2.32. The van der Waals surface area contributed by atoms with Crippen LogP contribution in [-0.4, -0.2) is 60.5 Å². The van der Waals surface area contributed by atoms with Crippen molar-refractivity contribution in [3.8, 4) is 11.5 Å². The number of rotatable bonds is 5. The second-order valence-corrected chi connectivity index (χ2v) is 8.17. The lowest BCUT2D eigenvalue weighted by Crippen LogP contribution is -2.47. The summed E-state index contributed by atoms with van der Waals surface area (Å²) in [6, 6.07) is 4.75. The Kier molecular flexibility index (Phi) is 7.53. The first-order valence-corrected chi connectivity index (χ1v) is 10.8. The summed E-state index contributed by atoms with van der Waals surface area (Å²) in [5.74, 6) is 3.42. The second-order valence-electron chi connectivity index (χ2n) is 8.17. The molecule has 3 unspecified atom stereocenters. The maximum Gasteiger partial charge on any atom is 0.194 e. The number of hydrogen-bond donors (Lipinski definition) is 2. The molecule has 1 aromatic rings. The van der Waals surface area contributed by atoms with E-state index >= 15 is 0 Å². The SMILES string of the molecule is CCN=C(NC1CC1c1cc2c(cc1OCC)CC(C)O2)N1CCC(O)CC1.I. The van der Waals surface area contributed by atoms with E-state index in [1.165, 1.54) is 11.1 Å². The van der Waals surface area contributed by atoms with Gasteiger partial charge in [0.1, 0.15) is 17.6 Å². The molecule has 0 spiro atoms. The summed E-state index contributed by atoms with van der Waals surface area (Å²) in [5, 5.41) is 13.5. The van der Waals surface area contributed by atoms with Crippen molar-refractivity contribution in [2.24, 2.45) is 4.99 Å². The number of guanidine groups is 1. The molecule has 3 atom stereocenters. The van der Waals surface area contributed by atoms with E-state index in [0.717, 1.165) is 62.8 Å². The Morgan fingerprint density at radius 3 is 2.76 bits per heavy atom. The minimum absolute atomic E-state index is 0. The number of aliphatic hydroxyl groups is 1. The van der Waals surface area contributed by atoms with Crippen LogP contribution in [0.3, 0.4) is 0 Å². The van der Waals surface area contributed by atoms with Gasteiger partial charge in [-0.1, -0.05) is 0 Å². The Hall–Kier alpha value is -1.22. The van der Waals surface area contributed by atoms with Crippen LogP contribution < -0.4 is 14.8 Å². The minimum Gasteiger partial charge on any atom is -0.494 e. The van der Waals surface area contributed by atoms with E-state index in [1.807, 2.05) is 6.92 Å². The molecule has 1 aromatic carbocycles. The van der Waals surface area contributed by atoms with Crippen LogP contribution in [0.15, 0.2) is 17.1 Å². The number of halogens is 1. The van der Waals surface area contributed by atoms with E-state index in [1.54, 1.807) is 0 Å². The molecule has 0 bridgehead atoms. The van der Waals surface area contributed by atoms with Crippen LogP contribution in [0.2, 0.25) is 0 Å². The molecule has 4 rings (SSSR count). The molecule has 1 aliphatic carbocycles. The first-order valence-electron chi connectivity index (χ1n) is 10.8. The Labute approximate surface area is 191 Å². The van der Waals surface area contributed by atoms with Crippen molar-refractivity contribution in [1.29, 1.82) is 0 Å². The lowest BCUT2D eigenvalue weighted by molar-refractivity contribution is 0.108. The number of benzene rings is 1. The molecule has 6 nitrogen and oxygen atoms in total. The number of nitrogens with one attached hydrogen (secondary N) is 1. The fraction of sp³-hybridized carbons (Fsp3) is 0.682. The molecule has 162 valence electrons. The fourth-order valence-electron chi connectivity index (χ4n) is 4.35. The molecule has 2 N–H and O–H groups in total. The van der Waals surface area contributed by atoms with E-state index < -0.39 is 0 Å². The normalized spacial score (nSPS) is 26.4. The van der Waals surface area contributed by atoms with Gasteiger partial charge < -0.3 is 24.8 Å². The van der Waals surface area contributed by atoms with Gasteiger partial charge in [-0.25, -0.2) is 0 Å². The van der Waals surface area contributed by atoms with Crippen LogP contribution in [0, 0.1) is 0 Å². The molecule has 2 aliphatic heterocycles. The zero-order valence-electron chi connectivity index (χ0n) is 17.7. The van der Waals surface area contributed by atoms with E-state index in [2.05, 4.69) is 36.2 Å². The lowest BCUT2D eigenvalue weighted by atomic mass is 10.0. The highest BCUT2D eigenvalue weighted by molar-refractivity contribution is 14.0. The number of hydrogen-bond acceptors (Lipinski definition) is 4. The average Bonchev–Trinajstić information content (AvgIpc) is 3.33. The van der Waals surface area contributed by atoms with Crippen LogP contribution in [0.5, 0.6) is 11.5 Å². The van der Waals surface area contributed by atoms with Crippen LogP contribution in [0.4, 0.5) is 0 Å². The highest BCUT2D eigenvalue weighted by Crippen LogP contribution is 2.48. The highest BCUT2D eigenvalue weighted by atomic mass is 127. The predicted octanol–water partition coefficient (Wildman–Crippen LogP) is 3.30. The van der Waals surface area contributed by atoms with Crippen LogP contribution in [0.25, 0.3) is 0 Å². The van der Waals surface area contributed by atoms with Gasteiger partial charge >= 0.3 is 0 Å². The number of aliphatic hydroxyl groups excluding tert-OH is 1. The third kappa shape index (κ3) is 5.10. The van der Waals surface area contributed by atoms with Gasteiger partial charge in [0.05, 0.1) is 12.7 Å². The van der Waals surface area contributed by atoms with Gasteiger partial charge in [0.15, 0.2) is 5.96 Å². The molecule has 2 fully saturated rings. The van der Waals surface area contributed by atoms with Gasteiger partial charge in [-0.15, -0.1) is 24.0 Å². The Bertz CT molecular complexity index is 734.